The average molecular weight is 527 g/mol. The lowest BCUT2D eigenvalue weighted by molar-refractivity contribution is 0.102. The highest BCUT2D eigenvalue weighted by Gasteiger charge is 2.17. The molecule has 0 saturated carbocycles. The summed E-state index contributed by atoms with van der Waals surface area (Å²) >= 11 is 1.31. The number of anilines is 2. The summed E-state index contributed by atoms with van der Waals surface area (Å²) in [4.78, 5) is 36.2. The molecule has 0 aliphatic rings. The zero-order chi connectivity index (χ0) is 26.6. The second-order valence-corrected chi connectivity index (χ2v) is 9.83. The van der Waals surface area contributed by atoms with Gasteiger partial charge in [-0.25, -0.2) is 9.97 Å². The van der Waals surface area contributed by atoms with Gasteiger partial charge in [0.2, 0.25) is 0 Å². The first kappa shape index (κ1) is 24.3. The molecule has 0 radical (unpaired) electrons. The first-order valence-corrected chi connectivity index (χ1v) is 13.2. The Balaban J connectivity index is 1.38. The molecule has 0 saturated heterocycles. The Bertz CT molecular complexity index is 1690. The molecule has 0 aliphatic carbocycles. The lowest BCUT2D eigenvalue weighted by Gasteiger charge is -2.12. The topological polar surface area (TPSA) is 84.0 Å². The molecule has 0 atom stereocenters. The van der Waals surface area contributed by atoms with Gasteiger partial charge in [-0.15, -0.1) is 0 Å². The van der Waals surface area contributed by atoms with Crippen molar-refractivity contribution in [2.45, 2.75) is 10.1 Å². The molecule has 0 aliphatic heterocycles. The lowest BCUT2D eigenvalue weighted by atomic mass is 10.1. The fourth-order valence-electron chi connectivity index (χ4n) is 4.33. The third kappa shape index (κ3) is 5.35. The van der Waals surface area contributed by atoms with Crippen LogP contribution in [0.25, 0.3) is 21.8 Å². The second kappa shape index (κ2) is 10.8. The van der Waals surface area contributed by atoms with Crippen LogP contribution in [0.4, 0.5) is 11.4 Å². The molecule has 2 amide bonds. The van der Waals surface area contributed by atoms with Gasteiger partial charge in [0, 0.05) is 22.1 Å². The summed E-state index contributed by atoms with van der Waals surface area (Å²) in [5.74, 6) is -0.452. The molecule has 6 nitrogen and oxygen atoms in total. The maximum atomic E-state index is 13.3. The van der Waals surface area contributed by atoms with Crippen LogP contribution in [0, 0.1) is 0 Å². The Morgan fingerprint density at radius 2 is 0.897 bits per heavy atom. The fourth-order valence-corrected chi connectivity index (χ4v) is 5.19. The molecule has 2 N–H and O–H groups in total. The highest BCUT2D eigenvalue weighted by molar-refractivity contribution is 7.99. The number of hydrogen-bond acceptors (Lipinski definition) is 5. The molecule has 0 spiro atoms. The summed E-state index contributed by atoms with van der Waals surface area (Å²) in [6.45, 7) is 0. The molecule has 188 valence electrons. The van der Waals surface area contributed by atoms with Crippen LogP contribution in [0.1, 0.15) is 20.7 Å². The smallest absolute Gasteiger partial charge is 0.256 e. The molecule has 6 aromatic rings. The van der Waals surface area contributed by atoms with Crippen molar-refractivity contribution < 1.29 is 9.59 Å². The molecule has 2 heterocycles. The minimum atomic E-state index is -0.226. The molecule has 0 bridgehead atoms. The Morgan fingerprint density at radius 1 is 0.513 bits per heavy atom. The van der Waals surface area contributed by atoms with Gasteiger partial charge >= 0.3 is 0 Å². The van der Waals surface area contributed by atoms with Gasteiger partial charge in [-0.3, -0.25) is 9.59 Å². The van der Waals surface area contributed by atoms with E-state index in [1.165, 1.54) is 11.8 Å². The predicted molar refractivity (Wildman–Crippen MR) is 156 cm³/mol. The van der Waals surface area contributed by atoms with Crippen molar-refractivity contribution in [2.24, 2.45) is 0 Å². The van der Waals surface area contributed by atoms with Crippen molar-refractivity contribution in [2.75, 3.05) is 10.6 Å². The van der Waals surface area contributed by atoms with Gasteiger partial charge in [-0.05, 0) is 48.5 Å². The van der Waals surface area contributed by atoms with Crippen LogP contribution >= 0.6 is 11.8 Å². The Morgan fingerprint density at radius 3 is 1.33 bits per heavy atom. The van der Waals surface area contributed by atoms with E-state index in [2.05, 4.69) is 10.6 Å². The lowest BCUT2D eigenvalue weighted by Crippen LogP contribution is -2.13. The van der Waals surface area contributed by atoms with E-state index in [4.69, 9.17) is 9.97 Å². The van der Waals surface area contributed by atoms with E-state index < -0.39 is 0 Å². The molecule has 39 heavy (non-hydrogen) atoms. The predicted octanol–water partition coefficient (Wildman–Crippen LogP) is 7.44. The van der Waals surface area contributed by atoms with E-state index in [1.54, 1.807) is 12.1 Å². The molecule has 2 aromatic heterocycles. The van der Waals surface area contributed by atoms with Crippen molar-refractivity contribution >= 4 is 56.8 Å². The third-order valence-corrected chi connectivity index (χ3v) is 6.98. The molecule has 0 unspecified atom stereocenters. The average Bonchev–Trinajstić information content (AvgIpc) is 2.97. The molecule has 4 aromatic carbocycles. The number of hydrogen-bond donors (Lipinski definition) is 2. The number of benzene rings is 4. The summed E-state index contributed by atoms with van der Waals surface area (Å²) in [7, 11) is 0. The Hall–Kier alpha value is -5.01. The minimum absolute atomic E-state index is 0.226. The van der Waals surface area contributed by atoms with E-state index >= 15 is 0 Å². The van der Waals surface area contributed by atoms with Crippen LogP contribution in [0.2, 0.25) is 0 Å². The van der Waals surface area contributed by atoms with Gasteiger partial charge < -0.3 is 10.6 Å². The molecular weight excluding hydrogens is 504 g/mol. The largest absolute Gasteiger partial charge is 0.322 e. The van der Waals surface area contributed by atoms with E-state index in [-0.39, 0.29) is 11.8 Å². The minimum Gasteiger partial charge on any atom is -0.322 e. The van der Waals surface area contributed by atoms with Gasteiger partial charge in [-0.2, -0.15) is 0 Å². The van der Waals surface area contributed by atoms with Crippen LogP contribution in [-0.2, 0) is 0 Å². The summed E-state index contributed by atoms with van der Waals surface area (Å²) < 4.78 is 0. The van der Waals surface area contributed by atoms with Crippen molar-refractivity contribution in [3.63, 3.8) is 0 Å². The van der Waals surface area contributed by atoms with Gasteiger partial charge in [0.1, 0.15) is 10.1 Å². The van der Waals surface area contributed by atoms with E-state index in [0.717, 1.165) is 10.8 Å². The first-order chi connectivity index (χ1) is 19.1. The number of carbonyl (C=O) groups excluding carboxylic acids is 2. The number of nitrogens with zero attached hydrogens (tertiary/aromatic N) is 2. The molecule has 0 fully saturated rings. The fraction of sp³-hybridized carbons (Fsp3) is 0. The normalized spacial score (nSPS) is 10.9. The summed E-state index contributed by atoms with van der Waals surface area (Å²) in [6.07, 6.45) is 0. The standard InChI is InChI=1S/C32H22N4O2S/c37-31(33-21-11-3-1-4-12-21)25-19-29(35-27-17-9-7-15-23(25)27)39-30-20-26(24-16-8-10-18-28(24)36-30)32(38)34-22-13-5-2-6-14-22/h1-20H,(H,33,37)(H,34,38). The summed E-state index contributed by atoms with van der Waals surface area (Å²) in [6, 6.07) is 37.3. The zero-order valence-electron chi connectivity index (χ0n) is 20.7. The number of nitrogens with one attached hydrogen (secondary N) is 2. The van der Waals surface area contributed by atoms with Crippen LogP contribution in [0.15, 0.2) is 131 Å². The zero-order valence-corrected chi connectivity index (χ0v) is 21.5. The van der Waals surface area contributed by atoms with Gasteiger partial charge in [0.05, 0.1) is 22.2 Å². The van der Waals surface area contributed by atoms with Crippen molar-refractivity contribution in [3.8, 4) is 0 Å². The van der Waals surface area contributed by atoms with Crippen molar-refractivity contribution in [1.29, 1.82) is 0 Å². The number of para-hydroxylation sites is 4. The highest BCUT2D eigenvalue weighted by atomic mass is 32.2. The van der Waals surface area contributed by atoms with Crippen LogP contribution in [-0.4, -0.2) is 21.8 Å². The summed E-state index contributed by atoms with van der Waals surface area (Å²) in [5, 5.41) is 8.65. The van der Waals surface area contributed by atoms with Crippen LogP contribution < -0.4 is 10.6 Å². The molecular formula is C32H22N4O2S. The van der Waals surface area contributed by atoms with Crippen molar-refractivity contribution in [1.82, 2.24) is 9.97 Å². The maximum Gasteiger partial charge on any atom is 0.256 e. The maximum absolute atomic E-state index is 13.3. The van der Waals surface area contributed by atoms with E-state index in [1.807, 2.05) is 109 Å². The first-order valence-electron chi connectivity index (χ1n) is 12.3. The highest BCUT2D eigenvalue weighted by Crippen LogP contribution is 2.32. The number of aromatic nitrogens is 2. The Labute approximate surface area is 229 Å². The van der Waals surface area contributed by atoms with Crippen LogP contribution in [0.5, 0.6) is 0 Å². The second-order valence-electron chi connectivity index (χ2n) is 8.79. The molecule has 7 heteroatoms. The SMILES string of the molecule is O=C(Nc1ccccc1)c1cc(Sc2cc(C(=O)Nc3ccccc3)c3ccccc3n2)nc2ccccc12. The quantitative estimate of drug-likeness (QED) is 0.236. The third-order valence-electron chi connectivity index (χ3n) is 6.15. The van der Waals surface area contributed by atoms with Gasteiger partial charge in [0.25, 0.3) is 11.8 Å². The van der Waals surface area contributed by atoms with Gasteiger partial charge in [-0.1, -0.05) is 84.6 Å². The number of fused-ring (bicyclic) bond motifs is 2. The molecule has 6 rings (SSSR count). The Kier molecular flexibility index (Phi) is 6.72. The van der Waals surface area contributed by atoms with Gasteiger partial charge in [0.15, 0.2) is 0 Å². The number of amides is 2. The number of pyridine rings is 2. The summed E-state index contributed by atoms with van der Waals surface area (Å²) in [5.41, 5.74) is 3.84. The number of rotatable bonds is 6. The monoisotopic (exact) mass is 526 g/mol. The van der Waals surface area contributed by atoms with E-state index in [9.17, 15) is 9.59 Å². The van der Waals surface area contributed by atoms with Crippen molar-refractivity contribution in [3.05, 3.63) is 132 Å². The number of carbonyl (C=O) groups is 2. The van der Waals surface area contributed by atoms with Crippen LogP contribution in [0.3, 0.4) is 0 Å². The van der Waals surface area contributed by atoms with E-state index in [0.29, 0.717) is 43.6 Å².